The number of nitro benzene ring substituents is 1. The van der Waals surface area contributed by atoms with Gasteiger partial charge in [-0.05, 0) is 20.4 Å². The molecule has 1 aromatic carbocycles. The molecule has 0 fully saturated rings. The van der Waals surface area contributed by atoms with Gasteiger partial charge in [-0.2, -0.15) is 0 Å². The van der Waals surface area contributed by atoms with Crippen LogP contribution >= 0.6 is 11.3 Å². The minimum absolute atomic E-state index is 0.0662. The van der Waals surface area contributed by atoms with E-state index in [2.05, 4.69) is 9.88 Å². The molecule has 1 aromatic heterocycles. The molecule has 0 spiro atoms. The second-order valence-electron chi connectivity index (χ2n) is 6.07. The summed E-state index contributed by atoms with van der Waals surface area (Å²) in [4.78, 5) is 17.2. The van der Waals surface area contributed by atoms with Crippen molar-refractivity contribution < 1.29 is 10.0 Å². The Morgan fingerprint density at radius 1 is 1.43 bits per heavy atom. The van der Waals surface area contributed by atoms with Crippen molar-refractivity contribution in [3.63, 3.8) is 0 Å². The average molecular weight is 335 g/mol. The molecule has 0 saturated heterocycles. The third-order valence-corrected chi connectivity index (χ3v) is 4.24. The highest BCUT2D eigenvalue weighted by atomic mass is 32.1. The molecule has 0 aliphatic rings. The number of nitro groups is 1. The number of hydrogen-bond acceptors (Lipinski definition) is 6. The van der Waals surface area contributed by atoms with Crippen molar-refractivity contribution in [1.82, 2.24) is 9.88 Å². The highest BCUT2D eigenvalue weighted by Gasteiger charge is 2.18. The highest BCUT2D eigenvalue weighted by molar-refractivity contribution is 7.13. The number of thiazole rings is 1. The lowest BCUT2D eigenvalue weighted by atomic mass is 10.1. The van der Waals surface area contributed by atoms with Crippen molar-refractivity contribution in [2.75, 3.05) is 13.1 Å². The van der Waals surface area contributed by atoms with Crippen molar-refractivity contribution >= 4 is 17.0 Å². The predicted octanol–water partition coefficient (Wildman–Crippen LogP) is 3.31. The number of aliphatic hydroxyl groups is 1. The van der Waals surface area contributed by atoms with E-state index < -0.39 is 10.5 Å². The maximum absolute atomic E-state index is 10.9. The van der Waals surface area contributed by atoms with E-state index in [1.807, 2.05) is 18.4 Å². The van der Waals surface area contributed by atoms with Crippen LogP contribution in [0.2, 0.25) is 0 Å². The Labute approximate surface area is 139 Å². The molecule has 0 saturated carbocycles. The molecule has 7 heteroatoms. The molecule has 2 rings (SSSR count). The lowest BCUT2D eigenvalue weighted by Gasteiger charge is -2.27. The van der Waals surface area contributed by atoms with Crippen LogP contribution in [0.15, 0.2) is 29.6 Å². The van der Waals surface area contributed by atoms with Gasteiger partial charge in [0, 0.05) is 36.2 Å². The van der Waals surface area contributed by atoms with E-state index in [0.29, 0.717) is 13.1 Å². The third-order valence-electron chi connectivity index (χ3n) is 3.30. The van der Waals surface area contributed by atoms with Gasteiger partial charge in [-0.25, -0.2) is 4.98 Å². The molecule has 23 heavy (non-hydrogen) atoms. The maximum Gasteiger partial charge on any atom is 0.270 e. The van der Waals surface area contributed by atoms with Crippen LogP contribution in [0.25, 0.3) is 10.6 Å². The fourth-order valence-corrected chi connectivity index (χ4v) is 3.13. The van der Waals surface area contributed by atoms with Crippen molar-refractivity contribution in [1.29, 1.82) is 0 Å². The Hall–Kier alpha value is -1.83. The number of nitrogens with zero attached hydrogens (tertiary/aromatic N) is 3. The van der Waals surface area contributed by atoms with Gasteiger partial charge in [-0.1, -0.05) is 19.1 Å². The summed E-state index contributed by atoms with van der Waals surface area (Å²) < 4.78 is 0. The number of benzene rings is 1. The molecule has 1 N–H and O–H groups in total. The van der Waals surface area contributed by atoms with E-state index in [-0.39, 0.29) is 5.69 Å². The molecular weight excluding hydrogens is 314 g/mol. The molecule has 0 amide bonds. The Morgan fingerprint density at radius 2 is 2.17 bits per heavy atom. The van der Waals surface area contributed by atoms with Gasteiger partial charge in [0.15, 0.2) is 0 Å². The fourth-order valence-electron chi connectivity index (χ4n) is 2.32. The van der Waals surface area contributed by atoms with Crippen LogP contribution in [-0.2, 0) is 6.54 Å². The van der Waals surface area contributed by atoms with Crippen LogP contribution in [-0.4, -0.2) is 38.6 Å². The van der Waals surface area contributed by atoms with Crippen molar-refractivity contribution in [3.05, 3.63) is 45.5 Å². The van der Waals surface area contributed by atoms with E-state index in [1.165, 1.54) is 23.5 Å². The molecule has 2 aromatic rings. The van der Waals surface area contributed by atoms with Gasteiger partial charge < -0.3 is 5.11 Å². The van der Waals surface area contributed by atoms with Crippen LogP contribution in [0, 0.1) is 10.1 Å². The summed E-state index contributed by atoms with van der Waals surface area (Å²) in [7, 11) is 0. The molecule has 0 atom stereocenters. The van der Waals surface area contributed by atoms with Gasteiger partial charge in [0.1, 0.15) is 5.01 Å². The second-order valence-corrected chi connectivity index (χ2v) is 6.93. The smallest absolute Gasteiger partial charge is 0.270 e. The van der Waals surface area contributed by atoms with Gasteiger partial charge in [0.2, 0.25) is 0 Å². The van der Waals surface area contributed by atoms with Crippen LogP contribution < -0.4 is 0 Å². The largest absolute Gasteiger partial charge is 0.389 e. The standard InChI is InChI=1S/C16H21N3O3S/c1-4-18(11-16(2,3)20)9-13-10-23-15(17-13)12-6-5-7-14(8-12)19(21)22/h5-8,10,20H,4,9,11H2,1-3H3. The SMILES string of the molecule is CCN(Cc1csc(-c2cccc([N+](=O)[O-])c2)n1)CC(C)(C)O. The minimum atomic E-state index is -0.755. The van der Waals surface area contributed by atoms with E-state index in [4.69, 9.17) is 0 Å². The van der Waals surface area contributed by atoms with Crippen LogP contribution in [0.5, 0.6) is 0 Å². The molecule has 124 valence electrons. The Bertz CT molecular complexity index is 679. The van der Waals surface area contributed by atoms with Crippen LogP contribution in [0.3, 0.4) is 0 Å². The molecule has 0 aliphatic carbocycles. The fraction of sp³-hybridized carbons (Fsp3) is 0.438. The van der Waals surface area contributed by atoms with E-state index in [9.17, 15) is 15.2 Å². The summed E-state index contributed by atoms with van der Waals surface area (Å²) in [5, 5.41) is 23.5. The van der Waals surface area contributed by atoms with Crippen molar-refractivity contribution in [2.45, 2.75) is 32.9 Å². The van der Waals surface area contributed by atoms with Crippen molar-refractivity contribution in [2.24, 2.45) is 0 Å². The average Bonchev–Trinajstić information content (AvgIpc) is 2.93. The summed E-state index contributed by atoms with van der Waals surface area (Å²) in [5.74, 6) is 0. The quantitative estimate of drug-likeness (QED) is 0.620. The predicted molar refractivity (Wildman–Crippen MR) is 91.5 cm³/mol. The zero-order chi connectivity index (χ0) is 17.0. The molecule has 6 nitrogen and oxygen atoms in total. The van der Waals surface area contributed by atoms with E-state index in [0.717, 1.165) is 22.8 Å². The molecule has 0 radical (unpaired) electrons. The first kappa shape index (κ1) is 17.5. The molecule has 1 heterocycles. The monoisotopic (exact) mass is 335 g/mol. The number of aromatic nitrogens is 1. The number of hydrogen-bond donors (Lipinski definition) is 1. The molecular formula is C16H21N3O3S. The summed E-state index contributed by atoms with van der Waals surface area (Å²) >= 11 is 1.47. The summed E-state index contributed by atoms with van der Waals surface area (Å²) in [6.45, 7) is 7.63. The topological polar surface area (TPSA) is 79.5 Å². The third kappa shape index (κ3) is 5.09. The first-order valence-corrected chi connectivity index (χ1v) is 8.30. The van der Waals surface area contributed by atoms with Gasteiger partial charge >= 0.3 is 0 Å². The Kier molecular flexibility index (Phi) is 5.46. The van der Waals surface area contributed by atoms with Gasteiger partial charge in [0.25, 0.3) is 5.69 Å². The lowest BCUT2D eigenvalue weighted by Crippen LogP contribution is -2.38. The second kappa shape index (κ2) is 7.16. The molecule has 0 bridgehead atoms. The first-order valence-electron chi connectivity index (χ1n) is 7.42. The van der Waals surface area contributed by atoms with Crippen LogP contribution in [0.4, 0.5) is 5.69 Å². The van der Waals surface area contributed by atoms with Gasteiger partial charge in [-0.15, -0.1) is 11.3 Å². The summed E-state index contributed by atoms with van der Waals surface area (Å²) in [6, 6.07) is 6.50. The van der Waals surface area contributed by atoms with Gasteiger partial charge in [0.05, 0.1) is 16.2 Å². The number of non-ortho nitro benzene ring substituents is 1. The maximum atomic E-state index is 10.9. The summed E-state index contributed by atoms with van der Waals surface area (Å²) in [6.07, 6.45) is 0. The molecule has 0 unspecified atom stereocenters. The van der Waals surface area contributed by atoms with Crippen LogP contribution in [0.1, 0.15) is 26.5 Å². The summed E-state index contributed by atoms with van der Waals surface area (Å²) in [5.41, 5.74) is 0.967. The highest BCUT2D eigenvalue weighted by Crippen LogP contribution is 2.27. The molecule has 0 aliphatic heterocycles. The van der Waals surface area contributed by atoms with E-state index >= 15 is 0 Å². The first-order chi connectivity index (χ1) is 10.8. The Morgan fingerprint density at radius 3 is 2.78 bits per heavy atom. The zero-order valence-corrected chi connectivity index (χ0v) is 14.3. The normalized spacial score (nSPS) is 11.9. The number of rotatable bonds is 7. The number of likely N-dealkylation sites (N-methyl/N-ethyl adjacent to an activating group) is 1. The minimum Gasteiger partial charge on any atom is -0.389 e. The van der Waals surface area contributed by atoms with Gasteiger partial charge in [-0.3, -0.25) is 15.0 Å². The lowest BCUT2D eigenvalue weighted by molar-refractivity contribution is -0.384. The van der Waals surface area contributed by atoms with Crippen molar-refractivity contribution in [3.8, 4) is 10.6 Å². The Balaban J connectivity index is 2.14. The van der Waals surface area contributed by atoms with E-state index in [1.54, 1.807) is 19.9 Å². The zero-order valence-electron chi connectivity index (χ0n) is 13.5.